The highest BCUT2D eigenvalue weighted by molar-refractivity contribution is 7.13. The molecule has 0 atom stereocenters. The maximum Gasteiger partial charge on any atom is 0.163 e. The molecule has 4 nitrogen and oxygen atoms in total. The highest BCUT2D eigenvalue weighted by atomic mass is 32.1. The molecular weight excluding hydrogens is 366 g/mol. The maximum atomic E-state index is 6.06. The number of furan rings is 1. The van der Waals surface area contributed by atoms with Crippen LogP contribution < -0.4 is 0 Å². The Morgan fingerprint density at radius 1 is 0.643 bits per heavy atom. The average molecular weight is 381 g/mol. The van der Waals surface area contributed by atoms with Gasteiger partial charge in [0.1, 0.15) is 17.8 Å². The van der Waals surface area contributed by atoms with Gasteiger partial charge in [-0.25, -0.2) is 15.0 Å². The van der Waals surface area contributed by atoms with E-state index in [4.69, 9.17) is 4.42 Å². The van der Waals surface area contributed by atoms with Gasteiger partial charge in [0, 0.05) is 16.7 Å². The molecule has 0 N–H and O–H groups in total. The second kappa shape index (κ2) is 7.21. The highest BCUT2D eigenvalue weighted by Crippen LogP contribution is 2.32. The van der Waals surface area contributed by atoms with Gasteiger partial charge in [-0.2, -0.15) is 0 Å². The number of rotatable bonds is 4. The summed E-state index contributed by atoms with van der Waals surface area (Å²) < 4.78 is 6.06. The second-order valence-electron chi connectivity index (χ2n) is 6.22. The molecule has 2 aromatic carbocycles. The smallest absolute Gasteiger partial charge is 0.163 e. The van der Waals surface area contributed by atoms with Crippen LogP contribution in [0.25, 0.3) is 44.7 Å². The van der Waals surface area contributed by atoms with Crippen molar-refractivity contribution in [1.82, 2.24) is 15.0 Å². The molecule has 5 heteroatoms. The Morgan fingerprint density at radius 3 is 2.21 bits per heavy atom. The van der Waals surface area contributed by atoms with Crippen LogP contribution in [0, 0.1) is 0 Å². The summed E-state index contributed by atoms with van der Waals surface area (Å²) in [6, 6.07) is 26.0. The Hall–Kier alpha value is -3.57. The van der Waals surface area contributed by atoms with Gasteiger partial charge in [0.25, 0.3) is 0 Å². The molecule has 5 aromatic rings. The Morgan fingerprint density at radius 2 is 1.39 bits per heavy atom. The van der Waals surface area contributed by atoms with Crippen LogP contribution in [-0.4, -0.2) is 15.0 Å². The van der Waals surface area contributed by atoms with Crippen LogP contribution >= 0.6 is 11.3 Å². The largest absolute Gasteiger partial charge is 0.455 e. The number of benzene rings is 2. The van der Waals surface area contributed by atoms with Crippen molar-refractivity contribution in [2.75, 3.05) is 0 Å². The summed E-state index contributed by atoms with van der Waals surface area (Å²) in [5.41, 5.74) is 2.88. The zero-order valence-electron chi connectivity index (χ0n) is 14.8. The predicted molar refractivity (Wildman–Crippen MR) is 112 cm³/mol. The topological polar surface area (TPSA) is 51.8 Å². The van der Waals surface area contributed by atoms with E-state index in [-0.39, 0.29) is 0 Å². The first-order chi connectivity index (χ1) is 13.9. The van der Waals surface area contributed by atoms with Crippen molar-refractivity contribution in [3.8, 4) is 44.7 Å². The fraction of sp³-hybridized carbons (Fsp3) is 0. The summed E-state index contributed by atoms with van der Waals surface area (Å²) in [4.78, 5) is 14.4. The zero-order chi connectivity index (χ0) is 18.8. The van der Waals surface area contributed by atoms with Crippen LogP contribution in [0.15, 0.2) is 95.0 Å². The highest BCUT2D eigenvalue weighted by Gasteiger charge is 2.10. The fourth-order valence-corrected chi connectivity index (χ4v) is 3.70. The van der Waals surface area contributed by atoms with Crippen molar-refractivity contribution in [1.29, 1.82) is 0 Å². The molecule has 3 aromatic heterocycles. The molecule has 0 fully saturated rings. The number of hydrogen-bond acceptors (Lipinski definition) is 5. The van der Waals surface area contributed by atoms with Gasteiger partial charge in [0.2, 0.25) is 0 Å². The fourth-order valence-electron chi connectivity index (χ4n) is 3.02. The van der Waals surface area contributed by atoms with E-state index in [1.807, 2.05) is 78.2 Å². The molecule has 0 saturated heterocycles. The SMILES string of the molecule is c1ccc(-c2ncnc(-c3cccc(-c4ccc(-c5cccs5)o4)c3)n2)cc1. The van der Waals surface area contributed by atoms with Crippen LogP contribution in [0.3, 0.4) is 0 Å². The van der Waals surface area contributed by atoms with Crippen molar-refractivity contribution < 1.29 is 4.42 Å². The molecule has 0 aliphatic carbocycles. The van der Waals surface area contributed by atoms with Crippen LogP contribution in [0.4, 0.5) is 0 Å². The van der Waals surface area contributed by atoms with E-state index in [1.165, 1.54) is 0 Å². The summed E-state index contributed by atoms with van der Waals surface area (Å²) >= 11 is 1.66. The summed E-state index contributed by atoms with van der Waals surface area (Å²) in [6.45, 7) is 0. The first-order valence-electron chi connectivity index (χ1n) is 8.86. The van der Waals surface area contributed by atoms with Gasteiger partial charge >= 0.3 is 0 Å². The van der Waals surface area contributed by atoms with Crippen molar-refractivity contribution in [2.24, 2.45) is 0 Å². The molecule has 0 aliphatic rings. The Labute approximate surface area is 166 Å². The van der Waals surface area contributed by atoms with Gasteiger partial charge in [-0.05, 0) is 29.6 Å². The van der Waals surface area contributed by atoms with Crippen LogP contribution in [0.2, 0.25) is 0 Å². The Bertz CT molecular complexity index is 1210. The van der Waals surface area contributed by atoms with Gasteiger partial charge in [0.15, 0.2) is 11.6 Å². The monoisotopic (exact) mass is 381 g/mol. The van der Waals surface area contributed by atoms with Crippen molar-refractivity contribution >= 4 is 11.3 Å². The standard InChI is InChI=1S/C23H15N3OS/c1-2-6-16(7-3-1)22-24-15-25-23(26-22)18-9-4-8-17(14-18)19-11-12-20(27-19)21-10-5-13-28-21/h1-15H. The first kappa shape index (κ1) is 16.6. The molecule has 0 amide bonds. The molecule has 28 heavy (non-hydrogen) atoms. The molecule has 3 heterocycles. The summed E-state index contributed by atoms with van der Waals surface area (Å²) in [6.07, 6.45) is 1.55. The van der Waals surface area contributed by atoms with Gasteiger partial charge in [0.05, 0.1) is 4.88 Å². The third-order valence-electron chi connectivity index (χ3n) is 4.38. The number of aromatic nitrogens is 3. The van der Waals surface area contributed by atoms with E-state index in [0.29, 0.717) is 11.6 Å². The Kier molecular flexibility index (Phi) is 4.27. The number of hydrogen-bond donors (Lipinski definition) is 0. The summed E-state index contributed by atoms with van der Waals surface area (Å²) in [5, 5.41) is 2.04. The zero-order valence-corrected chi connectivity index (χ0v) is 15.6. The lowest BCUT2D eigenvalue weighted by molar-refractivity contribution is 0.599. The van der Waals surface area contributed by atoms with E-state index >= 15 is 0 Å². The summed E-state index contributed by atoms with van der Waals surface area (Å²) in [5.74, 6) is 3.00. The average Bonchev–Trinajstić information content (AvgIpc) is 3.47. The third-order valence-corrected chi connectivity index (χ3v) is 5.26. The molecule has 0 unspecified atom stereocenters. The normalized spacial score (nSPS) is 10.9. The van der Waals surface area contributed by atoms with Gasteiger partial charge in [-0.15, -0.1) is 11.3 Å². The maximum absolute atomic E-state index is 6.06. The van der Waals surface area contributed by atoms with E-state index in [9.17, 15) is 0 Å². The quantitative estimate of drug-likeness (QED) is 0.372. The molecule has 134 valence electrons. The van der Waals surface area contributed by atoms with Crippen molar-refractivity contribution in [3.63, 3.8) is 0 Å². The molecular formula is C23H15N3OS. The van der Waals surface area contributed by atoms with Gasteiger partial charge in [-0.3, -0.25) is 0 Å². The molecule has 0 aliphatic heterocycles. The Balaban J connectivity index is 1.50. The van der Waals surface area contributed by atoms with E-state index < -0.39 is 0 Å². The molecule has 5 rings (SSSR count). The van der Waals surface area contributed by atoms with E-state index in [2.05, 4.69) is 21.0 Å². The molecule has 0 spiro atoms. The number of thiophene rings is 1. The van der Waals surface area contributed by atoms with Crippen molar-refractivity contribution in [2.45, 2.75) is 0 Å². The van der Waals surface area contributed by atoms with Crippen LogP contribution in [-0.2, 0) is 0 Å². The van der Waals surface area contributed by atoms with E-state index in [1.54, 1.807) is 17.7 Å². The molecule has 0 radical (unpaired) electrons. The minimum atomic E-state index is 0.640. The lowest BCUT2D eigenvalue weighted by Crippen LogP contribution is -1.95. The molecule has 0 bridgehead atoms. The minimum absolute atomic E-state index is 0.640. The van der Waals surface area contributed by atoms with Crippen LogP contribution in [0.5, 0.6) is 0 Å². The second-order valence-corrected chi connectivity index (χ2v) is 7.17. The lowest BCUT2D eigenvalue weighted by Gasteiger charge is -2.05. The van der Waals surface area contributed by atoms with Gasteiger partial charge < -0.3 is 4.42 Å². The molecule has 0 saturated carbocycles. The number of nitrogens with zero attached hydrogens (tertiary/aromatic N) is 3. The van der Waals surface area contributed by atoms with E-state index in [0.717, 1.165) is 33.1 Å². The van der Waals surface area contributed by atoms with Crippen molar-refractivity contribution in [3.05, 3.63) is 90.6 Å². The third kappa shape index (κ3) is 3.23. The predicted octanol–water partition coefficient (Wildman–Crippen LogP) is 6.19. The first-order valence-corrected chi connectivity index (χ1v) is 9.74. The van der Waals surface area contributed by atoms with Crippen LogP contribution in [0.1, 0.15) is 0 Å². The summed E-state index contributed by atoms with van der Waals surface area (Å²) in [7, 11) is 0. The van der Waals surface area contributed by atoms with Gasteiger partial charge in [-0.1, -0.05) is 54.6 Å². The minimum Gasteiger partial charge on any atom is -0.455 e. The lowest BCUT2D eigenvalue weighted by atomic mass is 10.1.